The molecule has 0 spiro atoms. The van der Waals surface area contributed by atoms with E-state index in [1.165, 1.54) is 18.3 Å². The van der Waals surface area contributed by atoms with Gasteiger partial charge in [-0.3, -0.25) is 4.79 Å². The van der Waals surface area contributed by atoms with E-state index in [4.69, 9.17) is 0 Å². The van der Waals surface area contributed by atoms with Crippen LogP contribution in [0.5, 0.6) is 0 Å². The molecule has 0 aliphatic rings. The molecule has 1 aromatic heterocycles. The van der Waals surface area contributed by atoms with Gasteiger partial charge in [0.25, 0.3) is 0 Å². The number of carbonyl (C=O) groups is 1. The molecule has 0 aliphatic carbocycles. The number of aromatic nitrogens is 1. The van der Waals surface area contributed by atoms with E-state index in [0.717, 1.165) is 5.56 Å². The summed E-state index contributed by atoms with van der Waals surface area (Å²) >= 11 is 0. The average molecular weight is 244 g/mol. The number of hydrogen-bond donors (Lipinski definition) is 1. The lowest BCUT2D eigenvalue weighted by molar-refractivity contribution is -0.116. The first-order valence-corrected chi connectivity index (χ1v) is 5.69. The second-order valence-corrected chi connectivity index (χ2v) is 3.90. The highest BCUT2D eigenvalue weighted by Gasteiger charge is 2.03. The van der Waals surface area contributed by atoms with Crippen LogP contribution in [0.25, 0.3) is 0 Å². The topological polar surface area (TPSA) is 42.0 Å². The second-order valence-electron chi connectivity index (χ2n) is 3.90. The minimum atomic E-state index is -0.558. The Hall–Kier alpha value is -2.23. The molecular formula is C14H13FN2O. The zero-order valence-corrected chi connectivity index (χ0v) is 9.77. The molecule has 1 N–H and O–H groups in total. The third kappa shape index (κ3) is 3.66. The van der Waals surface area contributed by atoms with Crippen molar-refractivity contribution < 1.29 is 9.18 Å². The van der Waals surface area contributed by atoms with E-state index >= 15 is 0 Å². The number of rotatable bonds is 4. The van der Waals surface area contributed by atoms with Crippen LogP contribution in [0.4, 0.5) is 10.1 Å². The molecule has 3 nitrogen and oxygen atoms in total. The molecule has 0 radical (unpaired) electrons. The van der Waals surface area contributed by atoms with E-state index in [2.05, 4.69) is 10.3 Å². The monoisotopic (exact) mass is 244 g/mol. The van der Waals surface area contributed by atoms with E-state index in [0.29, 0.717) is 18.5 Å². The number of halogens is 1. The molecule has 92 valence electrons. The molecule has 0 bridgehead atoms. The van der Waals surface area contributed by atoms with Gasteiger partial charge in [0.2, 0.25) is 11.9 Å². The molecule has 4 heteroatoms. The summed E-state index contributed by atoms with van der Waals surface area (Å²) in [5.41, 5.74) is 1.62. The minimum Gasteiger partial charge on any atom is -0.325 e. The van der Waals surface area contributed by atoms with Gasteiger partial charge < -0.3 is 5.32 Å². The summed E-state index contributed by atoms with van der Waals surface area (Å²) in [6.45, 7) is 0. The average Bonchev–Trinajstić information content (AvgIpc) is 2.40. The molecule has 2 rings (SSSR count). The highest BCUT2D eigenvalue weighted by molar-refractivity contribution is 5.90. The maximum Gasteiger partial charge on any atom is 0.224 e. The number of benzene rings is 1. The molecule has 2 aromatic rings. The van der Waals surface area contributed by atoms with Crippen molar-refractivity contribution in [1.82, 2.24) is 4.98 Å². The van der Waals surface area contributed by atoms with Crippen molar-refractivity contribution in [3.05, 3.63) is 60.2 Å². The number of nitrogens with zero attached hydrogens (tertiary/aromatic N) is 1. The SMILES string of the molecule is O=C(CCc1ccccc1)Nc1ccc(F)nc1. The van der Waals surface area contributed by atoms with E-state index < -0.39 is 5.95 Å². The Kier molecular flexibility index (Phi) is 4.02. The summed E-state index contributed by atoms with van der Waals surface area (Å²) in [6, 6.07) is 12.5. The Morgan fingerprint density at radius 1 is 1.17 bits per heavy atom. The van der Waals surface area contributed by atoms with E-state index in [9.17, 15) is 9.18 Å². The summed E-state index contributed by atoms with van der Waals surface area (Å²) in [4.78, 5) is 15.1. The Bertz CT molecular complexity index is 511. The highest BCUT2D eigenvalue weighted by atomic mass is 19.1. The van der Waals surface area contributed by atoms with Crippen molar-refractivity contribution >= 4 is 11.6 Å². The number of hydrogen-bond acceptors (Lipinski definition) is 2. The number of carbonyl (C=O) groups excluding carboxylic acids is 1. The van der Waals surface area contributed by atoms with Crippen molar-refractivity contribution in [2.75, 3.05) is 5.32 Å². The molecule has 0 saturated heterocycles. The molecular weight excluding hydrogens is 231 g/mol. The number of aryl methyl sites for hydroxylation is 1. The van der Waals surface area contributed by atoms with Gasteiger partial charge in [-0.2, -0.15) is 4.39 Å². The van der Waals surface area contributed by atoms with Crippen LogP contribution in [0.2, 0.25) is 0 Å². The van der Waals surface area contributed by atoms with Gasteiger partial charge >= 0.3 is 0 Å². The summed E-state index contributed by atoms with van der Waals surface area (Å²) < 4.78 is 12.6. The standard InChI is InChI=1S/C14H13FN2O/c15-13-8-7-12(10-16-13)17-14(18)9-6-11-4-2-1-3-5-11/h1-5,7-8,10H,6,9H2,(H,17,18). The number of anilines is 1. The smallest absolute Gasteiger partial charge is 0.224 e. The van der Waals surface area contributed by atoms with Gasteiger partial charge in [0.1, 0.15) is 0 Å². The first-order valence-electron chi connectivity index (χ1n) is 5.69. The van der Waals surface area contributed by atoms with Crippen LogP contribution in [0.15, 0.2) is 48.7 Å². The molecule has 18 heavy (non-hydrogen) atoms. The van der Waals surface area contributed by atoms with Crippen molar-refractivity contribution in [1.29, 1.82) is 0 Å². The van der Waals surface area contributed by atoms with Crippen LogP contribution in [0, 0.1) is 5.95 Å². The van der Waals surface area contributed by atoms with E-state index in [1.54, 1.807) is 0 Å². The molecule has 1 aromatic carbocycles. The van der Waals surface area contributed by atoms with E-state index in [1.807, 2.05) is 30.3 Å². The van der Waals surface area contributed by atoms with Crippen molar-refractivity contribution in [3.63, 3.8) is 0 Å². The van der Waals surface area contributed by atoms with Gasteiger partial charge in [0.05, 0.1) is 11.9 Å². The lowest BCUT2D eigenvalue weighted by Gasteiger charge is -2.04. The predicted molar refractivity (Wildman–Crippen MR) is 67.6 cm³/mol. The molecule has 0 fully saturated rings. The number of amides is 1. The normalized spacial score (nSPS) is 10.1. The fraction of sp³-hybridized carbons (Fsp3) is 0.143. The zero-order chi connectivity index (χ0) is 12.8. The number of nitrogens with one attached hydrogen (secondary N) is 1. The maximum absolute atomic E-state index is 12.6. The first kappa shape index (κ1) is 12.2. The molecule has 1 heterocycles. The predicted octanol–water partition coefficient (Wildman–Crippen LogP) is 2.79. The Morgan fingerprint density at radius 3 is 2.61 bits per heavy atom. The van der Waals surface area contributed by atoms with Crippen molar-refractivity contribution in [2.24, 2.45) is 0 Å². The Morgan fingerprint density at radius 2 is 1.94 bits per heavy atom. The lowest BCUT2D eigenvalue weighted by Crippen LogP contribution is -2.12. The van der Waals surface area contributed by atoms with Gasteiger partial charge in [-0.15, -0.1) is 0 Å². The molecule has 0 aliphatic heterocycles. The van der Waals surface area contributed by atoms with Gasteiger partial charge in [-0.05, 0) is 24.1 Å². The zero-order valence-electron chi connectivity index (χ0n) is 9.77. The second kappa shape index (κ2) is 5.91. The molecule has 0 atom stereocenters. The van der Waals surface area contributed by atoms with Crippen LogP contribution in [-0.2, 0) is 11.2 Å². The molecule has 0 saturated carbocycles. The van der Waals surface area contributed by atoms with Crippen LogP contribution in [0.3, 0.4) is 0 Å². The molecule has 1 amide bonds. The van der Waals surface area contributed by atoms with Crippen LogP contribution in [-0.4, -0.2) is 10.9 Å². The lowest BCUT2D eigenvalue weighted by atomic mass is 10.1. The summed E-state index contributed by atoms with van der Waals surface area (Å²) in [7, 11) is 0. The number of pyridine rings is 1. The van der Waals surface area contributed by atoms with Crippen molar-refractivity contribution in [3.8, 4) is 0 Å². The quantitative estimate of drug-likeness (QED) is 0.840. The third-order valence-corrected chi connectivity index (χ3v) is 2.49. The maximum atomic E-state index is 12.6. The van der Waals surface area contributed by atoms with Gasteiger partial charge in [-0.1, -0.05) is 30.3 Å². The summed E-state index contributed by atoms with van der Waals surface area (Å²) in [5.74, 6) is -0.662. The Balaban J connectivity index is 1.84. The molecule has 0 unspecified atom stereocenters. The van der Waals surface area contributed by atoms with E-state index in [-0.39, 0.29) is 5.91 Å². The highest BCUT2D eigenvalue weighted by Crippen LogP contribution is 2.07. The van der Waals surface area contributed by atoms with Crippen LogP contribution in [0.1, 0.15) is 12.0 Å². The van der Waals surface area contributed by atoms with Crippen molar-refractivity contribution in [2.45, 2.75) is 12.8 Å². The third-order valence-electron chi connectivity index (χ3n) is 2.49. The summed E-state index contributed by atoms with van der Waals surface area (Å²) in [6.07, 6.45) is 2.37. The Labute approximate surface area is 105 Å². The minimum absolute atomic E-state index is 0.104. The van der Waals surface area contributed by atoms with Crippen LogP contribution >= 0.6 is 0 Å². The fourth-order valence-electron chi connectivity index (χ4n) is 1.58. The van der Waals surface area contributed by atoms with Gasteiger partial charge in [-0.25, -0.2) is 4.98 Å². The summed E-state index contributed by atoms with van der Waals surface area (Å²) in [5, 5.41) is 2.67. The largest absolute Gasteiger partial charge is 0.325 e. The van der Waals surface area contributed by atoms with Gasteiger partial charge in [0, 0.05) is 6.42 Å². The van der Waals surface area contributed by atoms with Crippen LogP contribution < -0.4 is 5.32 Å². The fourth-order valence-corrected chi connectivity index (χ4v) is 1.58. The van der Waals surface area contributed by atoms with Gasteiger partial charge in [0.15, 0.2) is 0 Å². The first-order chi connectivity index (χ1) is 8.74.